The van der Waals surface area contributed by atoms with Gasteiger partial charge in [-0.05, 0) is 12.3 Å². The third-order valence-electron chi connectivity index (χ3n) is 3.60. The second-order valence-electron chi connectivity index (χ2n) is 5.41. The van der Waals surface area contributed by atoms with Crippen LogP contribution in [0, 0.1) is 5.92 Å². The van der Waals surface area contributed by atoms with Crippen LogP contribution >= 0.6 is 0 Å². The van der Waals surface area contributed by atoms with E-state index in [4.69, 9.17) is 0 Å². The van der Waals surface area contributed by atoms with Gasteiger partial charge in [-0.1, -0.05) is 33.1 Å². The monoisotopic (exact) mass is 248 g/mol. The molecule has 4 heteroatoms. The summed E-state index contributed by atoms with van der Waals surface area (Å²) in [4.78, 5) is 9.02. The number of hydrogen-bond donors (Lipinski definition) is 2. The second-order valence-corrected chi connectivity index (χ2v) is 5.41. The zero-order valence-corrected chi connectivity index (χ0v) is 11.7. The highest BCUT2D eigenvalue weighted by Crippen LogP contribution is 2.29. The quantitative estimate of drug-likeness (QED) is 0.811. The van der Waals surface area contributed by atoms with Gasteiger partial charge in [0.25, 0.3) is 0 Å². The zero-order chi connectivity index (χ0) is 13.0. The number of nitrogens with zero attached hydrogens (tertiary/aromatic N) is 2. The van der Waals surface area contributed by atoms with Crippen LogP contribution in [0.25, 0.3) is 0 Å². The molecule has 1 saturated carbocycles. The van der Waals surface area contributed by atoms with E-state index in [-0.39, 0.29) is 0 Å². The van der Waals surface area contributed by atoms with Crippen molar-refractivity contribution in [2.75, 3.05) is 24.2 Å². The summed E-state index contributed by atoms with van der Waals surface area (Å²) in [7, 11) is 1.89. The highest BCUT2D eigenvalue weighted by molar-refractivity contribution is 5.47. The summed E-state index contributed by atoms with van der Waals surface area (Å²) in [5.74, 6) is 4.02. The maximum Gasteiger partial charge on any atom is 0.135 e. The molecule has 0 aliphatic heterocycles. The second kappa shape index (κ2) is 6.03. The average molecular weight is 248 g/mol. The van der Waals surface area contributed by atoms with Crippen molar-refractivity contribution in [2.24, 2.45) is 5.92 Å². The van der Waals surface area contributed by atoms with Crippen molar-refractivity contribution in [1.29, 1.82) is 0 Å². The lowest BCUT2D eigenvalue weighted by Crippen LogP contribution is -2.16. The standard InChI is InChI=1S/C14H24N4/c1-10(2)14-17-12(15-3)9-13(18-14)16-8-7-11-5-4-6-11/h9-11H,4-8H2,1-3H3,(H2,15,16,17,18). The summed E-state index contributed by atoms with van der Waals surface area (Å²) >= 11 is 0. The first-order valence-electron chi connectivity index (χ1n) is 6.99. The predicted octanol–water partition coefficient (Wildman–Crippen LogP) is 3.24. The van der Waals surface area contributed by atoms with Crippen molar-refractivity contribution >= 4 is 11.6 Å². The van der Waals surface area contributed by atoms with Gasteiger partial charge in [0.2, 0.25) is 0 Å². The minimum atomic E-state index is 0.352. The third-order valence-corrected chi connectivity index (χ3v) is 3.60. The molecule has 100 valence electrons. The fourth-order valence-corrected chi connectivity index (χ4v) is 2.13. The molecule has 0 spiro atoms. The van der Waals surface area contributed by atoms with E-state index < -0.39 is 0 Å². The molecule has 0 aromatic carbocycles. The van der Waals surface area contributed by atoms with Crippen LogP contribution in [0.4, 0.5) is 11.6 Å². The molecule has 0 atom stereocenters. The molecular formula is C14H24N4. The molecule has 0 bridgehead atoms. The van der Waals surface area contributed by atoms with Crippen LogP contribution in [0.5, 0.6) is 0 Å². The lowest BCUT2D eigenvalue weighted by Gasteiger charge is -2.25. The molecule has 0 saturated heterocycles. The van der Waals surface area contributed by atoms with E-state index in [0.29, 0.717) is 5.92 Å². The van der Waals surface area contributed by atoms with Crippen molar-refractivity contribution in [2.45, 2.75) is 45.4 Å². The van der Waals surface area contributed by atoms with Gasteiger partial charge in [-0.15, -0.1) is 0 Å². The Hall–Kier alpha value is -1.32. The molecule has 1 aromatic heterocycles. The van der Waals surface area contributed by atoms with E-state index in [0.717, 1.165) is 29.9 Å². The Morgan fingerprint density at radius 3 is 2.56 bits per heavy atom. The number of nitrogens with one attached hydrogen (secondary N) is 2. The van der Waals surface area contributed by atoms with Crippen LogP contribution in [0.2, 0.25) is 0 Å². The van der Waals surface area contributed by atoms with Crippen molar-refractivity contribution in [1.82, 2.24) is 9.97 Å². The largest absolute Gasteiger partial charge is 0.373 e. The van der Waals surface area contributed by atoms with Gasteiger partial charge >= 0.3 is 0 Å². The van der Waals surface area contributed by atoms with Crippen LogP contribution in [-0.4, -0.2) is 23.6 Å². The Labute approximate surface area is 110 Å². The molecule has 2 rings (SSSR count). The summed E-state index contributed by atoms with van der Waals surface area (Å²) in [6, 6.07) is 1.98. The summed E-state index contributed by atoms with van der Waals surface area (Å²) < 4.78 is 0. The first-order valence-corrected chi connectivity index (χ1v) is 6.99. The number of hydrogen-bond acceptors (Lipinski definition) is 4. The first-order chi connectivity index (χ1) is 8.69. The fourth-order valence-electron chi connectivity index (χ4n) is 2.13. The van der Waals surface area contributed by atoms with E-state index in [1.807, 2.05) is 13.1 Å². The van der Waals surface area contributed by atoms with Gasteiger partial charge in [0.1, 0.15) is 17.5 Å². The molecule has 0 unspecified atom stereocenters. The maximum absolute atomic E-state index is 4.56. The van der Waals surface area contributed by atoms with E-state index >= 15 is 0 Å². The third kappa shape index (κ3) is 3.34. The topological polar surface area (TPSA) is 49.8 Å². The van der Waals surface area contributed by atoms with Gasteiger partial charge in [0.15, 0.2) is 0 Å². The number of anilines is 2. The molecule has 1 aliphatic carbocycles. The first kappa shape index (κ1) is 13.1. The van der Waals surface area contributed by atoms with E-state index in [9.17, 15) is 0 Å². The Kier molecular flexibility index (Phi) is 4.39. The van der Waals surface area contributed by atoms with Crippen LogP contribution in [0.15, 0.2) is 6.07 Å². The van der Waals surface area contributed by atoms with Crippen LogP contribution in [0.3, 0.4) is 0 Å². The maximum atomic E-state index is 4.56. The van der Waals surface area contributed by atoms with Crippen molar-refractivity contribution in [3.05, 3.63) is 11.9 Å². The smallest absolute Gasteiger partial charge is 0.135 e. The van der Waals surface area contributed by atoms with Crippen molar-refractivity contribution in [3.8, 4) is 0 Å². The van der Waals surface area contributed by atoms with Crippen molar-refractivity contribution < 1.29 is 0 Å². The Morgan fingerprint density at radius 1 is 1.28 bits per heavy atom. The van der Waals surface area contributed by atoms with Gasteiger partial charge in [0, 0.05) is 25.6 Å². The Morgan fingerprint density at radius 2 is 2.00 bits per heavy atom. The zero-order valence-electron chi connectivity index (χ0n) is 11.7. The Bertz CT molecular complexity index is 385. The normalized spacial score (nSPS) is 15.6. The van der Waals surface area contributed by atoms with Gasteiger partial charge in [-0.25, -0.2) is 9.97 Å². The summed E-state index contributed by atoms with van der Waals surface area (Å²) in [6.45, 7) is 5.25. The van der Waals surface area contributed by atoms with Gasteiger partial charge in [-0.2, -0.15) is 0 Å². The van der Waals surface area contributed by atoms with Crippen LogP contribution in [0.1, 0.15) is 51.3 Å². The summed E-state index contributed by atoms with van der Waals surface area (Å²) in [5.41, 5.74) is 0. The molecule has 1 fully saturated rings. The highest BCUT2D eigenvalue weighted by atomic mass is 15.1. The lowest BCUT2D eigenvalue weighted by molar-refractivity contribution is 0.303. The lowest BCUT2D eigenvalue weighted by atomic mass is 9.83. The van der Waals surface area contributed by atoms with Crippen LogP contribution in [-0.2, 0) is 0 Å². The molecule has 0 amide bonds. The van der Waals surface area contributed by atoms with Crippen molar-refractivity contribution in [3.63, 3.8) is 0 Å². The highest BCUT2D eigenvalue weighted by Gasteiger charge is 2.16. The summed E-state index contributed by atoms with van der Waals surface area (Å²) in [6.07, 6.45) is 5.49. The predicted molar refractivity (Wildman–Crippen MR) is 76.1 cm³/mol. The minimum Gasteiger partial charge on any atom is -0.373 e. The molecule has 1 aliphatic rings. The van der Waals surface area contributed by atoms with Gasteiger partial charge in [-0.3, -0.25) is 0 Å². The van der Waals surface area contributed by atoms with Crippen LogP contribution < -0.4 is 10.6 Å². The molecular weight excluding hydrogens is 224 g/mol. The molecule has 4 nitrogen and oxygen atoms in total. The van der Waals surface area contributed by atoms with E-state index in [1.54, 1.807) is 0 Å². The van der Waals surface area contributed by atoms with Gasteiger partial charge < -0.3 is 10.6 Å². The van der Waals surface area contributed by atoms with Gasteiger partial charge in [0.05, 0.1) is 0 Å². The van der Waals surface area contributed by atoms with E-state index in [2.05, 4.69) is 34.4 Å². The summed E-state index contributed by atoms with van der Waals surface area (Å²) in [5, 5.41) is 6.52. The fraction of sp³-hybridized carbons (Fsp3) is 0.714. The minimum absolute atomic E-state index is 0.352. The molecule has 1 heterocycles. The number of aromatic nitrogens is 2. The molecule has 2 N–H and O–H groups in total. The molecule has 1 aromatic rings. The van der Waals surface area contributed by atoms with E-state index in [1.165, 1.54) is 25.7 Å². The Balaban J connectivity index is 1.94. The molecule has 18 heavy (non-hydrogen) atoms. The number of rotatable bonds is 6. The molecule has 0 radical (unpaired) electrons. The SMILES string of the molecule is CNc1cc(NCCC2CCC2)nc(C(C)C)n1. The average Bonchev–Trinajstić information content (AvgIpc) is 2.31.